The maximum atomic E-state index is 2.35. The average Bonchev–Trinajstić information content (AvgIpc) is 2.21. The van der Waals surface area contributed by atoms with Crippen molar-refractivity contribution in [1.82, 2.24) is 0 Å². The van der Waals surface area contributed by atoms with Crippen LogP contribution in [0.4, 0.5) is 0 Å². The fourth-order valence-corrected chi connectivity index (χ4v) is 3.85. The fourth-order valence-electron chi connectivity index (χ4n) is 0.760. The van der Waals surface area contributed by atoms with Gasteiger partial charge in [0.1, 0.15) is 0 Å². The molecule has 0 aliphatic heterocycles. The average molecular weight is 250 g/mol. The van der Waals surface area contributed by atoms with Crippen LogP contribution >= 0.6 is 35.3 Å². The number of hydrogen-bond acceptors (Lipinski definition) is 3. The highest BCUT2D eigenvalue weighted by atomic mass is 32.2. The highest BCUT2D eigenvalue weighted by molar-refractivity contribution is 8.23. The Morgan fingerprint density at radius 2 is 1.36 bits per heavy atom. The molecule has 0 radical (unpaired) electrons. The van der Waals surface area contributed by atoms with Crippen molar-refractivity contribution in [3.63, 3.8) is 0 Å². The molecule has 0 atom stereocenters. The molecule has 0 rings (SSSR count). The van der Waals surface area contributed by atoms with Gasteiger partial charge in [-0.05, 0) is 41.9 Å². The van der Waals surface area contributed by atoms with Crippen LogP contribution in [0.5, 0.6) is 0 Å². The van der Waals surface area contributed by atoms with E-state index in [2.05, 4.69) is 26.2 Å². The predicted octanol–water partition coefficient (Wildman–Crippen LogP) is 5.21. The van der Waals surface area contributed by atoms with Gasteiger partial charge in [-0.25, -0.2) is 0 Å². The van der Waals surface area contributed by atoms with Crippen molar-refractivity contribution in [3.8, 4) is 0 Å². The van der Waals surface area contributed by atoms with Crippen molar-refractivity contribution in [3.05, 3.63) is 9.65 Å². The Hall–Kier alpha value is 0.790. The van der Waals surface area contributed by atoms with Crippen molar-refractivity contribution in [2.45, 2.75) is 40.0 Å². The number of hydrogen-bond donors (Lipinski definition) is 0. The molecule has 3 heteroatoms. The normalized spacial score (nSPS) is 10.2. The van der Waals surface area contributed by atoms with Crippen LogP contribution in [0.15, 0.2) is 9.65 Å². The zero-order chi connectivity index (χ0) is 10.6. The summed E-state index contributed by atoms with van der Waals surface area (Å²) >= 11 is 5.99. The van der Waals surface area contributed by atoms with Crippen molar-refractivity contribution >= 4 is 35.3 Å². The van der Waals surface area contributed by atoms with Gasteiger partial charge in [-0.15, -0.1) is 35.3 Å². The van der Waals surface area contributed by atoms with Gasteiger partial charge in [-0.1, -0.05) is 20.8 Å². The van der Waals surface area contributed by atoms with E-state index >= 15 is 0 Å². The predicted molar refractivity (Wildman–Crippen MR) is 76.3 cm³/mol. The van der Waals surface area contributed by atoms with E-state index in [9.17, 15) is 0 Å². The van der Waals surface area contributed by atoms with Crippen LogP contribution in [0, 0.1) is 0 Å². The maximum Gasteiger partial charge on any atom is 0.0464 e. The van der Waals surface area contributed by atoms with Crippen LogP contribution in [0.1, 0.15) is 40.0 Å². The van der Waals surface area contributed by atoms with Gasteiger partial charge in [0, 0.05) is 4.24 Å². The van der Waals surface area contributed by atoms with Crippen LogP contribution in [-0.2, 0) is 0 Å². The van der Waals surface area contributed by atoms with Crippen LogP contribution < -0.4 is 0 Å². The maximum absolute atomic E-state index is 2.35. The first-order chi connectivity index (χ1) is 6.85. The van der Waals surface area contributed by atoms with Crippen molar-refractivity contribution in [2.75, 3.05) is 17.3 Å². The number of rotatable bonds is 9. The summed E-state index contributed by atoms with van der Waals surface area (Å²) in [5, 5.41) is 2.35. The largest absolute Gasteiger partial charge is 0.132 e. The molecule has 0 spiro atoms. The van der Waals surface area contributed by atoms with E-state index in [1.807, 2.05) is 35.3 Å². The lowest BCUT2D eigenvalue weighted by Crippen LogP contribution is -1.79. The lowest BCUT2D eigenvalue weighted by atomic mass is 10.6. The lowest BCUT2D eigenvalue weighted by molar-refractivity contribution is 1.11. The SMILES string of the molecule is CCCSC=C(SCCC)SCCC. The summed E-state index contributed by atoms with van der Waals surface area (Å²) in [5.74, 6) is 3.77. The molecular formula is C11H22S3. The van der Waals surface area contributed by atoms with E-state index < -0.39 is 0 Å². The van der Waals surface area contributed by atoms with Gasteiger partial charge < -0.3 is 0 Å². The summed E-state index contributed by atoms with van der Waals surface area (Å²) in [6.07, 6.45) is 3.81. The van der Waals surface area contributed by atoms with Gasteiger partial charge in [0.25, 0.3) is 0 Å². The minimum Gasteiger partial charge on any atom is -0.132 e. The van der Waals surface area contributed by atoms with Gasteiger partial charge >= 0.3 is 0 Å². The van der Waals surface area contributed by atoms with Gasteiger partial charge in [-0.3, -0.25) is 0 Å². The Balaban J connectivity index is 3.75. The summed E-state index contributed by atoms with van der Waals surface area (Å²) < 4.78 is 1.52. The molecule has 0 unspecified atom stereocenters. The second kappa shape index (κ2) is 11.9. The fraction of sp³-hybridized carbons (Fsp3) is 0.818. The monoisotopic (exact) mass is 250 g/mol. The molecule has 0 aliphatic carbocycles. The zero-order valence-corrected chi connectivity index (χ0v) is 12.0. The molecule has 0 amide bonds. The Morgan fingerprint density at radius 3 is 1.79 bits per heavy atom. The Kier molecular flexibility index (Phi) is 12.5. The first-order valence-corrected chi connectivity index (χ1v) is 8.44. The highest BCUT2D eigenvalue weighted by Gasteiger charge is 1.97. The van der Waals surface area contributed by atoms with Crippen molar-refractivity contribution < 1.29 is 0 Å². The van der Waals surface area contributed by atoms with E-state index in [1.165, 1.54) is 40.8 Å². The lowest BCUT2D eigenvalue weighted by Gasteiger charge is -2.04. The summed E-state index contributed by atoms with van der Waals surface area (Å²) in [6, 6.07) is 0. The third-order valence-electron chi connectivity index (χ3n) is 1.40. The van der Waals surface area contributed by atoms with Crippen LogP contribution in [0.3, 0.4) is 0 Å². The van der Waals surface area contributed by atoms with Gasteiger partial charge in [0.15, 0.2) is 0 Å². The Bertz CT molecular complexity index is 133. The van der Waals surface area contributed by atoms with E-state index in [1.54, 1.807) is 0 Å². The highest BCUT2D eigenvalue weighted by Crippen LogP contribution is 2.31. The molecule has 0 bridgehead atoms. The van der Waals surface area contributed by atoms with Crippen LogP contribution in [-0.4, -0.2) is 17.3 Å². The molecule has 0 aliphatic rings. The Labute approximate surface area is 102 Å². The molecule has 0 saturated carbocycles. The van der Waals surface area contributed by atoms with Gasteiger partial charge in [-0.2, -0.15) is 0 Å². The zero-order valence-electron chi connectivity index (χ0n) is 9.54. The summed E-state index contributed by atoms with van der Waals surface area (Å²) in [7, 11) is 0. The van der Waals surface area contributed by atoms with Crippen LogP contribution in [0.25, 0.3) is 0 Å². The molecule has 0 aromatic carbocycles. The quantitative estimate of drug-likeness (QED) is 0.515. The molecule has 0 N–H and O–H groups in total. The number of thioether (sulfide) groups is 3. The molecule has 0 saturated heterocycles. The minimum atomic E-state index is 1.25. The topological polar surface area (TPSA) is 0 Å². The molecule has 0 nitrogen and oxygen atoms in total. The van der Waals surface area contributed by atoms with E-state index in [4.69, 9.17) is 0 Å². The molecule has 84 valence electrons. The summed E-state index contributed by atoms with van der Waals surface area (Å²) in [6.45, 7) is 6.72. The van der Waals surface area contributed by atoms with E-state index in [0.29, 0.717) is 0 Å². The van der Waals surface area contributed by atoms with E-state index in [-0.39, 0.29) is 0 Å². The van der Waals surface area contributed by atoms with Crippen molar-refractivity contribution in [1.29, 1.82) is 0 Å². The smallest absolute Gasteiger partial charge is 0.0464 e. The van der Waals surface area contributed by atoms with Crippen molar-refractivity contribution in [2.24, 2.45) is 0 Å². The summed E-state index contributed by atoms with van der Waals surface area (Å²) in [5.41, 5.74) is 0. The molecule has 0 aromatic heterocycles. The third-order valence-corrected chi connectivity index (χ3v) is 5.48. The molecule has 0 heterocycles. The minimum absolute atomic E-state index is 1.25. The standard InChI is InChI=1S/C11H22S3/c1-4-7-12-10-11(13-8-5-2)14-9-6-3/h10H,4-9H2,1-3H3. The van der Waals surface area contributed by atoms with Gasteiger partial charge in [0.2, 0.25) is 0 Å². The molecule has 14 heavy (non-hydrogen) atoms. The molecular weight excluding hydrogens is 228 g/mol. The second-order valence-electron chi connectivity index (χ2n) is 3.00. The molecule has 0 fully saturated rings. The second-order valence-corrected chi connectivity index (χ2v) is 6.51. The first-order valence-electron chi connectivity index (χ1n) is 5.42. The third kappa shape index (κ3) is 9.35. The van der Waals surface area contributed by atoms with Crippen LogP contribution in [0.2, 0.25) is 0 Å². The summed E-state index contributed by atoms with van der Waals surface area (Å²) in [4.78, 5) is 0. The van der Waals surface area contributed by atoms with E-state index in [0.717, 1.165) is 0 Å². The Morgan fingerprint density at radius 1 is 0.857 bits per heavy atom. The van der Waals surface area contributed by atoms with Gasteiger partial charge in [0.05, 0.1) is 0 Å². The molecule has 0 aromatic rings. The first kappa shape index (κ1) is 14.8.